The molecule has 0 saturated heterocycles. The van der Waals surface area contributed by atoms with E-state index in [0.717, 1.165) is 13.8 Å². The van der Waals surface area contributed by atoms with E-state index in [9.17, 15) is 44.1 Å². The first-order valence-electron chi connectivity index (χ1n) is 11.9. The first-order chi connectivity index (χ1) is 17.4. The molecule has 0 aromatic rings. The van der Waals surface area contributed by atoms with Crippen LogP contribution in [-0.4, -0.2) is 111 Å². The van der Waals surface area contributed by atoms with Crippen molar-refractivity contribution in [2.24, 2.45) is 11.7 Å². The highest BCUT2D eigenvalue weighted by molar-refractivity contribution is 5.96. The normalized spacial score (nSPS) is 17.4. The smallest absolute Gasteiger partial charge is 0.325 e. The molecule has 0 radical (unpaired) electrons. The molecule has 0 fully saturated rings. The Labute approximate surface area is 220 Å². The summed E-state index contributed by atoms with van der Waals surface area (Å²) in [6, 6.07) is -8.31. The fraction of sp³-hybridized carbons (Fsp3) is 0.727. The lowest BCUT2D eigenvalue weighted by molar-refractivity contribution is -0.142. The van der Waals surface area contributed by atoms with Gasteiger partial charge in [-0.05, 0) is 33.6 Å². The number of aliphatic carboxylic acids is 1. The van der Waals surface area contributed by atoms with Crippen molar-refractivity contribution in [1.82, 2.24) is 26.6 Å². The second-order valence-electron chi connectivity index (χ2n) is 9.28. The Kier molecular flexibility index (Phi) is 14.4. The maximum absolute atomic E-state index is 12.8. The van der Waals surface area contributed by atoms with E-state index < -0.39 is 96.5 Å². The summed E-state index contributed by atoms with van der Waals surface area (Å²) < 4.78 is 0. The van der Waals surface area contributed by atoms with Gasteiger partial charge < -0.3 is 52.7 Å². The van der Waals surface area contributed by atoms with Gasteiger partial charge >= 0.3 is 5.97 Å². The van der Waals surface area contributed by atoms with Crippen molar-refractivity contribution >= 4 is 35.5 Å². The lowest BCUT2D eigenvalue weighted by Crippen LogP contribution is -2.63. The van der Waals surface area contributed by atoms with Gasteiger partial charge in [-0.25, -0.2) is 0 Å². The minimum Gasteiger partial charge on any atom is -0.480 e. The molecule has 0 aliphatic rings. The third kappa shape index (κ3) is 11.0. The molecule has 0 aliphatic heterocycles. The second kappa shape index (κ2) is 15.8. The lowest BCUT2D eigenvalue weighted by Gasteiger charge is -2.28. The molecule has 0 aliphatic carbocycles. The zero-order chi connectivity index (χ0) is 29.9. The minimum absolute atomic E-state index is 0.432. The van der Waals surface area contributed by atoms with Gasteiger partial charge in [0, 0.05) is 0 Å². The van der Waals surface area contributed by atoms with E-state index in [2.05, 4.69) is 26.6 Å². The van der Waals surface area contributed by atoms with Crippen molar-refractivity contribution in [3.63, 3.8) is 0 Å². The van der Waals surface area contributed by atoms with Crippen LogP contribution in [0.25, 0.3) is 0 Å². The van der Waals surface area contributed by atoms with Crippen molar-refractivity contribution in [3.8, 4) is 0 Å². The fourth-order valence-electron chi connectivity index (χ4n) is 2.95. The summed E-state index contributed by atoms with van der Waals surface area (Å²) in [6.07, 6.45) is -2.97. The summed E-state index contributed by atoms with van der Waals surface area (Å²) in [5.74, 6) is -6.47. The van der Waals surface area contributed by atoms with Crippen LogP contribution in [-0.2, 0) is 28.8 Å². The molecule has 38 heavy (non-hydrogen) atoms. The number of nitrogens with two attached hydrogens (primary N) is 1. The number of amides is 5. The monoisotopic (exact) mass is 548 g/mol. The molecule has 11 N–H and O–H groups in total. The molecule has 0 rings (SSSR count). The molecule has 16 heteroatoms. The Morgan fingerprint density at radius 1 is 0.632 bits per heavy atom. The van der Waals surface area contributed by atoms with Crippen LogP contribution in [0.15, 0.2) is 0 Å². The van der Waals surface area contributed by atoms with Gasteiger partial charge in [0.05, 0.1) is 24.9 Å². The number of hydrogen-bond donors (Lipinski definition) is 10. The second-order valence-corrected chi connectivity index (χ2v) is 9.28. The van der Waals surface area contributed by atoms with Crippen LogP contribution in [0.4, 0.5) is 0 Å². The van der Waals surface area contributed by atoms with Crippen LogP contribution in [0.3, 0.4) is 0 Å². The predicted octanol–water partition coefficient (Wildman–Crippen LogP) is -4.73. The summed E-state index contributed by atoms with van der Waals surface area (Å²) in [6.45, 7) is 7.18. The molecular weight excluding hydrogens is 508 g/mol. The Bertz CT molecular complexity index is 864. The van der Waals surface area contributed by atoms with Crippen molar-refractivity contribution in [2.75, 3.05) is 6.61 Å². The van der Waals surface area contributed by atoms with Crippen molar-refractivity contribution in [3.05, 3.63) is 0 Å². The Balaban J connectivity index is 5.56. The number of carbonyl (C=O) groups excluding carboxylic acids is 5. The van der Waals surface area contributed by atoms with Crippen molar-refractivity contribution in [1.29, 1.82) is 0 Å². The number of carboxylic acids is 1. The highest BCUT2D eigenvalue weighted by atomic mass is 16.4. The molecule has 0 unspecified atom stereocenters. The summed E-state index contributed by atoms with van der Waals surface area (Å²) >= 11 is 0. The largest absolute Gasteiger partial charge is 0.480 e. The molecule has 0 spiro atoms. The third-order valence-corrected chi connectivity index (χ3v) is 5.33. The van der Waals surface area contributed by atoms with E-state index in [1.165, 1.54) is 13.8 Å². The maximum atomic E-state index is 12.8. The number of aliphatic hydroxyl groups is 3. The summed E-state index contributed by atoms with van der Waals surface area (Å²) in [5.41, 5.74) is 5.51. The van der Waals surface area contributed by atoms with Crippen molar-refractivity contribution < 1.29 is 49.2 Å². The fourth-order valence-corrected chi connectivity index (χ4v) is 2.95. The Hall–Kier alpha value is -3.34. The molecule has 5 amide bonds. The highest BCUT2D eigenvalue weighted by Gasteiger charge is 2.35. The molecule has 0 bridgehead atoms. The molecule has 0 heterocycles. The van der Waals surface area contributed by atoms with E-state index in [0.29, 0.717) is 0 Å². The van der Waals surface area contributed by atoms with E-state index in [4.69, 9.17) is 10.8 Å². The molecule has 16 nitrogen and oxygen atoms in total. The van der Waals surface area contributed by atoms with Gasteiger partial charge in [-0.3, -0.25) is 28.8 Å². The van der Waals surface area contributed by atoms with Crippen LogP contribution in [0.1, 0.15) is 41.5 Å². The summed E-state index contributed by atoms with van der Waals surface area (Å²) in [4.78, 5) is 73.5. The summed E-state index contributed by atoms with van der Waals surface area (Å²) in [5, 5.41) is 49.6. The molecule has 218 valence electrons. The minimum atomic E-state index is -1.69. The van der Waals surface area contributed by atoms with Gasteiger partial charge in [0.25, 0.3) is 0 Å². The maximum Gasteiger partial charge on any atom is 0.325 e. The standard InChI is InChI=1S/C22H40N6O10/c1-8(2)14(26-17(32)9(3)23)19(34)28-16(12(6)31)21(36)25-13(7-29)18(33)27-15(11(5)30)20(35)24-10(4)22(37)38/h8-16,29-31H,7,23H2,1-6H3,(H,24,35)(H,25,36)(H,26,32)(H,27,33)(H,28,34)(H,37,38)/t9-,10-,11+,12+,13-,14-,15-,16-/m0/s1. The average molecular weight is 549 g/mol. The zero-order valence-corrected chi connectivity index (χ0v) is 22.2. The Morgan fingerprint density at radius 3 is 1.39 bits per heavy atom. The van der Waals surface area contributed by atoms with E-state index in [-0.39, 0.29) is 0 Å². The van der Waals surface area contributed by atoms with Gasteiger partial charge in [0.1, 0.15) is 30.2 Å². The van der Waals surface area contributed by atoms with Gasteiger partial charge in [-0.1, -0.05) is 13.8 Å². The molecule has 8 atom stereocenters. The van der Waals surface area contributed by atoms with Gasteiger partial charge in [-0.2, -0.15) is 0 Å². The quantitative estimate of drug-likeness (QED) is 0.0928. The number of hydrogen-bond acceptors (Lipinski definition) is 10. The third-order valence-electron chi connectivity index (χ3n) is 5.33. The van der Waals surface area contributed by atoms with E-state index in [1.807, 2.05) is 0 Å². The zero-order valence-electron chi connectivity index (χ0n) is 22.2. The SMILES string of the molecule is CC(C)[C@H](NC(=O)[C@H](C)N)C(=O)N[C@H](C(=O)N[C@@H](CO)C(=O)N[C@H](C(=O)N[C@@H](C)C(=O)O)[C@@H](C)O)[C@@H](C)O. The van der Waals surface area contributed by atoms with Gasteiger partial charge in [0.15, 0.2) is 0 Å². The van der Waals surface area contributed by atoms with E-state index >= 15 is 0 Å². The van der Waals surface area contributed by atoms with Gasteiger partial charge in [-0.15, -0.1) is 0 Å². The van der Waals surface area contributed by atoms with Crippen molar-refractivity contribution in [2.45, 2.75) is 90.0 Å². The van der Waals surface area contributed by atoms with E-state index in [1.54, 1.807) is 13.8 Å². The first-order valence-corrected chi connectivity index (χ1v) is 11.9. The highest BCUT2D eigenvalue weighted by Crippen LogP contribution is 2.05. The molecular formula is C22H40N6O10. The topological polar surface area (TPSA) is 270 Å². The Morgan fingerprint density at radius 2 is 1.03 bits per heavy atom. The molecule has 0 saturated carbocycles. The van der Waals surface area contributed by atoms with Crippen LogP contribution < -0.4 is 32.3 Å². The average Bonchev–Trinajstić information content (AvgIpc) is 2.80. The van der Waals surface area contributed by atoms with Crippen LogP contribution in [0.2, 0.25) is 0 Å². The van der Waals surface area contributed by atoms with Crippen LogP contribution in [0.5, 0.6) is 0 Å². The number of carbonyl (C=O) groups is 6. The first kappa shape index (κ1) is 34.7. The number of carboxylic acid groups (broad SMARTS) is 1. The lowest BCUT2D eigenvalue weighted by atomic mass is 10.0. The van der Waals surface area contributed by atoms with Gasteiger partial charge in [0.2, 0.25) is 29.5 Å². The van der Waals surface area contributed by atoms with Crippen LogP contribution in [0, 0.1) is 5.92 Å². The summed E-state index contributed by atoms with van der Waals surface area (Å²) in [7, 11) is 0. The molecule has 0 aromatic carbocycles. The van der Waals surface area contributed by atoms with Crippen LogP contribution >= 0.6 is 0 Å². The number of aliphatic hydroxyl groups excluding tert-OH is 3. The molecule has 0 aromatic heterocycles. The predicted molar refractivity (Wildman–Crippen MR) is 132 cm³/mol. The number of nitrogens with one attached hydrogen (secondary N) is 5. The number of rotatable bonds is 15.